The Labute approximate surface area is 101 Å². The van der Waals surface area contributed by atoms with Gasteiger partial charge in [0.05, 0.1) is 4.88 Å². The van der Waals surface area contributed by atoms with E-state index in [1.165, 1.54) is 0 Å². The molecule has 0 atom stereocenters. The Hall–Kier alpha value is -0.0800. The molecule has 0 aliphatic carbocycles. The Bertz CT molecular complexity index is 439. The molecule has 2 aromatic rings. The standard InChI is InChI=1S/C7H4BrIN2OS/c8-4-5(12-11-7(4)10)6-3(9)1-2-13-6/h1-2H,(H2,10,11). The summed E-state index contributed by atoms with van der Waals surface area (Å²) in [5.41, 5.74) is 5.55. The number of halogens is 2. The molecule has 0 unspecified atom stereocenters. The van der Waals surface area contributed by atoms with Gasteiger partial charge < -0.3 is 10.3 Å². The number of rotatable bonds is 1. The van der Waals surface area contributed by atoms with Gasteiger partial charge in [0.1, 0.15) is 4.47 Å². The van der Waals surface area contributed by atoms with Crippen molar-refractivity contribution in [2.75, 3.05) is 5.73 Å². The highest BCUT2D eigenvalue weighted by Gasteiger charge is 2.16. The van der Waals surface area contributed by atoms with Gasteiger partial charge in [0.25, 0.3) is 0 Å². The molecule has 0 bridgehead atoms. The Morgan fingerprint density at radius 3 is 2.85 bits per heavy atom. The van der Waals surface area contributed by atoms with E-state index in [0.29, 0.717) is 11.6 Å². The average molecular weight is 371 g/mol. The van der Waals surface area contributed by atoms with Crippen molar-refractivity contribution in [3.8, 4) is 10.6 Å². The summed E-state index contributed by atoms with van der Waals surface area (Å²) >= 11 is 7.18. The van der Waals surface area contributed by atoms with Crippen LogP contribution in [0.4, 0.5) is 5.82 Å². The van der Waals surface area contributed by atoms with Crippen molar-refractivity contribution in [1.29, 1.82) is 0 Å². The summed E-state index contributed by atoms with van der Waals surface area (Å²) < 4.78 is 6.97. The van der Waals surface area contributed by atoms with Crippen LogP contribution >= 0.6 is 49.9 Å². The van der Waals surface area contributed by atoms with Gasteiger partial charge in [0.15, 0.2) is 11.6 Å². The Morgan fingerprint density at radius 2 is 2.38 bits per heavy atom. The van der Waals surface area contributed by atoms with E-state index < -0.39 is 0 Å². The van der Waals surface area contributed by atoms with Crippen LogP contribution < -0.4 is 5.73 Å². The number of hydrogen-bond donors (Lipinski definition) is 1. The molecule has 2 heterocycles. The summed E-state index contributed by atoms with van der Waals surface area (Å²) in [6.45, 7) is 0. The third-order valence-electron chi connectivity index (χ3n) is 1.48. The zero-order chi connectivity index (χ0) is 9.42. The number of thiophene rings is 1. The molecule has 2 N–H and O–H groups in total. The van der Waals surface area contributed by atoms with Gasteiger partial charge in [-0.2, -0.15) is 0 Å². The molecular formula is C7H4BrIN2OS. The minimum atomic E-state index is 0.388. The Morgan fingerprint density at radius 1 is 1.62 bits per heavy atom. The fourth-order valence-electron chi connectivity index (χ4n) is 0.888. The number of anilines is 1. The molecule has 0 radical (unpaired) electrons. The van der Waals surface area contributed by atoms with Gasteiger partial charge in [0, 0.05) is 3.57 Å². The van der Waals surface area contributed by atoms with Gasteiger partial charge in [-0.15, -0.1) is 11.3 Å². The summed E-state index contributed by atoms with van der Waals surface area (Å²) in [5, 5.41) is 5.67. The molecule has 6 heteroatoms. The van der Waals surface area contributed by atoms with Crippen LogP contribution in [0.1, 0.15) is 0 Å². The van der Waals surface area contributed by atoms with Gasteiger partial charge in [-0.25, -0.2) is 0 Å². The number of hydrogen-bond acceptors (Lipinski definition) is 4. The minimum absolute atomic E-state index is 0.388. The van der Waals surface area contributed by atoms with Crippen molar-refractivity contribution in [3.63, 3.8) is 0 Å². The molecule has 0 spiro atoms. The van der Waals surface area contributed by atoms with Crippen LogP contribution in [0.5, 0.6) is 0 Å². The number of nitrogens with zero attached hydrogens (tertiary/aromatic N) is 1. The monoisotopic (exact) mass is 370 g/mol. The molecule has 0 aromatic carbocycles. The second kappa shape index (κ2) is 3.58. The quantitative estimate of drug-likeness (QED) is 0.783. The summed E-state index contributed by atoms with van der Waals surface area (Å²) in [6, 6.07) is 2.02. The minimum Gasteiger partial charge on any atom is -0.380 e. The fraction of sp³-hybridized carbons (Fsp3) is 0. The fourth-order valence-corrected chi connectivity index (χ4v) is 3.18. The lowest BCUT2D eigenvalue weighted by molar-refractivity contribution is 0.436. The molecular weight excluding hydrogens is 367 g/mol. The second-order valence-electron chi connectivity index (χ2n) is 2.31. The lowest BCUT2D eigenvalue weighted by atomic mass is 10.4. The van der Waals surface area contributed by atoms with Crippen LogP contribution in [-0.4, -0.2) is 5.16 Å². The van der Waals surface area contributed by atoms with E-state index in [1.54, 1.807) is 11.3 Å². The third-order valence-corrected chi connectivity index (χ3v) is 4.43. The van der Waals surface area contributed by atoms with Crippen molar-refractivity contribution in [2.45, 2.75) is 0 Å². The number of nitrogen functional groups attached to an aromatic ring is 1. The molecule has 13 heavy (non-hydrogen) atoms. The normalized spacial score (nSPS) is 10.6. The van der Waals surface area contributed by atoms with Crippen molar-refractivity contribution >= 4 is 55.7 Å². The molecule has 0 fully saturated rings. The molecule has 2 aromatic heterocycles. The highest BCUT2D eigenvalue weighted by atomic mass is 127. The highest BCUT2D eigenvalue weighted by Crippen LogP contribution is 2.37. The molecule has 0 aliphatic heterocycles. The van der Waals surface area contributed by atoms with E-state index in [2.05, 4.69) is 43.7 Å². The van der Waals surface area contributed by atoms with Crippen LogP contribution in [0.15, 0.2) is 20.4 Å². The molecule has 0 saturated heterocycles. The summed E-state index contributed by atoms with van der Waals surface area (Å²) in [4.78, 5) is 1.05. The van der Waals surface area contributed by atoms with Crippen LogP contribution in [0.2, 0.25) is 0 Å². The van der Waals surface area contributed by atoms with Gasteiger partial charge >= 0.3 is 0 Å². The largest absolute Gasteiger partial charge is 0.380 e. The van der Waals surface area contributed by atoms with E-state index in [4.69, 9.17) is 10.3 Å². The van der Waals surface area contributed by atoms with Crippen molar-refractivity contribution in [2.24, 2.45) is 0 Å². The van der Waals surface area contributed by atoms with Gasteiger partial charge in [-0.1, -0.05) is 5.16 Å². The zero-order valence-electron chi connectivity index (χ0n) is 6.25. The predicted octanol–water partition coefficient (Wildman–Crippen LogP) is 3.35. The van der Waals surface area contributed by atoms with E-state index in [9.17, 15) is 0 Å². The van der Waals surface area contributed by atoms with E-state index in [1.807, 2.05) is 11.4 Å². The smallest absolute Gasteiger partial charge is 0.194 e. The Balaban J connectivity index is 2.59. The van der Waals surface area contributed by atoms with E-state index >= 15 is 0 Å². The Kier molecular flexibility index (Phi) is 2.61. The first-order valence-corrected chi connectivity index (χ1v) is 6.09. The zero-order valence-corrected chi connectivity index (χ0v) is 10.8. The van der Waals surface area contributed by atoms with Crippen molar-refractivity contribution in [1.82, 2.24) is 5.16 Å². The molecule has 3 nitrogen and oxygen atoms in total. The summed E-state index contributed by atoms with van der Waals surface area (Å²) in [7, 11) is 0. The van der Waals surface area contributed by atoms with E-state index in [0.717, 1.165) is 12.9 Å². The number of aromatic nitrogens is 1. The molecule has 68 valence electrons. The maximum Gasteiger partial charge on any atom is 0.194 e. The predicted molar refractivity (Wildman–Crippen MR) is 64.6 cm³/mol. The second-order valence-corrected chi connectivity index (χ2v) is 5.18. The van der Waals surface area contributed by atoms with Crippen LogP contribution in [0.25, 0.3) is 10.6 Å². The van der Waals surface area contributed by atoms with Gasteiger partial charge in [-0.05, 0) is 50.0 Å². The molecule has 2 rings (SSSR count). The van der Waals surface area contributed by atoms with Crippen LogP contribution in [-0.2, 0) is 0 Å². The van der Waals surface area contributed by atoms with Gasteiger partial charge in [0.2, 0.25) is 0 Å². The molecule has 0 saturated carbocycles. The molecule has 0 aliphatic rings. The first-order valence-electron chi connectivity index (χ1n) is 3.34. The van der Waals surface area contributed by atoms with Crippen LogP contribution in [0.3, 0.4) is 0 Å². The van der Waals surface area contributed by atoms with Crippen molar-refractivity contribution < 1.29 is 4.52 Å². The summed E-state index contributed by atoms with van der Waals surface area (Å²) in [5.74, 6) is 1.09. The van der Waals surface area contributed by atoms with Crippen LogP contribution in [0, 0.1) is 3.57 Å². The van der Waals surface area contributed by atoms with Gasteiger partial charge in [-0.3, -0.25) is 0 Å². The first kappa shape index (κ1) is 9.47. The lowest BCUT2D eigenvalue weighted by Crippen LogP contribution is -1.83. The third kappa shape index (κ3) is 1.62. The van der Waals surface area contributed by atoms with E-state index in [-0.39, 0.29) is 0 Å². The lowest BCUT2D eigenvalue weighted by Gasteiger charge is -1.91. The average Bonchev–Trinajstić information content (AvgIpc) is 2.62. The van der Waals surface area contributed by atoms with Crippen molar-refractivity contribution in [3.05, 3.63) is 19.5 Å². The first-order chi connectivity index (χ1) is 6.20. The summed E-state index contributed by atoms with van der Waals surface area (Å²) in [6.07, 6.45) is 0. The maximum absolute atomic E-state index is 5.55. The topological polar surface area (TPSA) is 52.0 Å². The number of nitrogens with two attached hydrogens (primary N) is 1. The maximum atomic E-state index is 5.55. The molecule has 0 amide bonds. The highest BCUT2D eigenvalue weighted by molar-refractivity contribution is 14.1. The SMILES string of the molecule is Nc1noc(-c2sccc2I)c1Br.